The van der Waals surface area contributed by atoms with Crippen LogP contribution in [0.25, 0.3) is 0 Å². The number of carbonyl (C=O) groups is 1. The van der Waals surface area contributed by atoms with E-state index < -0.39 is 0 Å². The number of halogens is 1. The molecule has 1 aromatic rings. The molecule has 126 valence electrons. The molecule has 0 N–H and O–H groups in total. The summed E-state index contributed by atoms with van der Waals surface area (Å²) >= 11 is 3.50. The van der Waals surface area contributed by atoms with Crippen LogP contribution in [0.1, 0.15) is 18.6 Å². The van der Waals surface area contributed by atoms with Crippen LogP contribution in [0.5, 0.6) is 0 Å². The van der Waals surface area contributed by atoms with Crippen molar-refractivity contribution < 1.29 is 14.3 Å². The average Bonchev–Trinajstić information content (AvgIpc) is 2.55. The van der Waals surface area contributed by atoms with E-state index in [2.05, 4.69) is 33.0 Å². The summed E-state index contributed by atoms with van der Waals surface area (Å²) in [7, 11) is 0. The van der Waals surface area contributed by atoms with Gasteiger partial charge in [-0.1, -0.05) is 28.1 Å². The third-order valence-electron chi connectivity index (χ3n) is 4.32. The molecule has 3 rings (SSSR count). The Morgan fingerprint density at radius 1 is 1.26 bits per heavy atom. The highest BCUT2D eigenvalue weighted by atomic mass is 79.9. The topological polar surface area (TPSA) is 42.0 Å². The van der Waals surface area contributed by atoms with E-state index in [1.165, 1.54) is 0 Å². The van der Waals surface area contributed by atoms with Gasteiger partial charge in [0.05, 0.1) is 32.0 Å². The second-order valence-corrected chi connectivity index (χ2v) is 7.09. The van der Waals surface area contributed by atoms with Crippen LogP contribution in [0.15, 0.2) is 28.7 Å². The zero-order chi connectivity index (χ0) is 16.2. The molecule has 2 aliphatic rings. The van der Waals surface area contributed by atoms with Gasteiger partial charge in [0.25, 0.3) is 0 Å². The Balaban J connectivity index is 1.57. The Bertz CT molecular complexity index is 554. The Kier molecular flexibility index (Phi) is 5.69. The fourth-order valence-electron chi connectivity index (χ4n) is 3.09. The highest BCUT2D eigenvalue weighted by Gasteiger charge is 2.27. The second kappa shape index (κ2) is 7.75. The minimum Gasteiger partial charge on any atom is -0.375 e. The first-order chi connectivity index (χ1) is 11.1. The standard InChI is InChI=1S/C17H23BrN2O3/c1-13-10-20(6-8-22-13)17(21)12-19-5-7-23-16(11-19)14-3-2-4-15(18)9-14/h2-4,9,13,16H,5-8,10-12H2,1H3. The van der Waals surface area contributed by atoms with Crippen molar-refractivity contribution in [3.05, 3.63) is 34.3 Å². The quantitative estimate of drug-likeness (QED) is 0.802. The number of nitrogens with zero attached hydrogens (tertiary/aromatic N) is 2. The number of ether oxygens (including phenoxy) is 2. The number of carbonyl (C=O) groups excluding carboxylic acids is 1. The highest BCUT2D eigenvalue weighted by molar-refractivity contribution is 9.10. The SMILES string of the molecule is CC1CN(C(=O)CN2CCOC(c3cccc(Br)c3)C2)CCO1. The maximum Gasteiger partial charge on any atom is 0.236 e. The van der Waals surface area contributed by atoms with Gasteiger partial charge in [-0.3, -0.25) is 9.69 Å². The molecule has 1 aromatic carbocycles. The van der Waals surface area contributed by atoms with Crippen LogP contribution in [0.2, 0.25) is 0 Å². The van der Waals surface area contributed by atoms with E-state index in [-0.39, 0.29) is 18.1 Å². The molecular formula is C17H23BrN2O3. The van der Waals surface area contributed by atoms with Gasteiger partial charge in [0.1, 0.15) is 0 Å². The van der Waals surface area contributed by atoms with Gasteiger partial charge < -0.3 is 14.4 Å². The van der Waals surface area contributed by atoms with Crippen molar-refractivity contribution in [1.29, 1.82) is 0 Å². The summed E-state index contributed by atoms with van der Waals surface area (Å²) in [4.78, 5) is 16.6. The summed E-state index contributed by atoms with van der Waals surface area (Å²) in [6.45, 7) is 6.71. The molecule has 1 amide bonds. The van der Waals surface area contributed by atoms with Crippen molar-refractivity contribution in [2.24, 2.45) is 0 Å². The number of benzene rings is 1. The van der Waals surface area contributed by atoms with Crippen LogP contribution in [0.3, 0.4) is 0 Å². The first-order valence-electron chi connectivity index (χ1n) is 8.10. The lowest BCUT2D eigenvalue weighted by molar-refractivity contribution is -0.141. The Hall–Kier alpha value is -0.950. The molecule has 5 nitrogen and oxygen atoms in total. The predicted molar refractivity (Wildman–Crippen MR) is 91.3 cm³/mol. The number of hydrogen-bond acceptors (Lipinski definition) is 4. The molecule has 0 radical (unpaired) electrons. The summed E-state index contributed by atoms with van der Waals surface area (Å²) in [5.74, 6) is 0.190. The van der Waals surface area contributed by atoms with E-state index in [9.17, 15) is 4.79 Å². The third kappa shape index (κ3) is 4.53. The molecule has 6 heteroatoms. The van der Waals surface area contributed by atoms with Gasteiger partial charge in [-0.25, -0.2) is 0 Å². The van der Waals surface area contributed by atoms with Crippen molar-refractivity contribution in [2.75, 3.05) is 45.9 Å². The second-order valence-electron chi connectivity index (χ2n) is 6.17. The van der Waals surface area contributed by atoms with E-state index in [4.69, 9.17) is 9.47 Å². The summed E-state index contributed by atoms with van der Waals surface area (Å²) in [6, 6.07) is 8.18. The van der Waals surface area contributed by atoms with E-state index >= 15 is 0 Å². The maximum absolute atomic E-state index is 12.5. The number of morpholine rings is 2. The normalized spacial score (nSPS) is 26.3. The van der Waals surface area contributed by atoms with Crippen molar-refractivity contribution in [2.45, 2.75) is 19.1 Å². The Morgan fingerprint density at radius 2 is 2.09 bits per heavy atom. The van der Waals surface area contributed by atoms with Gasteiger partial charge in [0, 0.05) is 30.7 Å². The van der Waals surface area contributed by atoms with Crippen LogP contribution in [0.4, 0.5) is 0 Å². The van der Waals surface area contributed by atoms with Crippen molar-refractivity contribution in [1.82, 2.24) is 9.80 Å². The zero-order valence-corrected chi connectivity index (χ0v) is 15.0. The van der Waals surface area contributed by atoms with Crippen LogP contribution in [0, 0.1) is 0 Å². The molecule has 0 spiro atoms. The van der Waals surface area contributed by atoms with Gasteiger partial charge in [-0.15, -0.1) is 0 Å². The molecule has 0 bridgehead atoms. The third-order valence-corrected chi connectivity index (χ3v) is 4.82. The van der Waals surface area contributed by atoms with E-state index in [1.807, 2.05) is 24.0 Å². The molecule has 0 aromatic heterocycles. The molecule has 2 saturated heterocycles. The van der Waals surface area contributed by atoms with Crippen LogP contribution in [-0.2, 0) is 14.3 Å². The maximum atomic E-state index is 12.5. The fraction of sp³-hybridized carbons (Fsp3) is 0.588. The largest absolute Gasteiger partial charge is 0.375 e. The smallest absolute Gasteiger partial charge is 0.236 e. The van der Waals surface area contributed by atoms with E-state index in [1.54, 1.807) is 0 Å². The van der Waals surface area contributed by atoms with Gasteiger partial charge in [0.2, 0.25) is 5.91 Å². The molecule has 2 fully saturated rings. The predicted octanol–water partition coefficient (Wildman–Crippen LogP) is 2.07. The molecule has 0 saturated carbocycles. The monoisotopic (exact) mass is 382 g/mol. The van der Waals surface area contributed by atoms with Gasteiger partial charge in [-0.05, 0) is 24.6 Å². The molecular weight excluding hydrogens is 360 g/mol. The minimum absolute atomic E-state index is 0.0256. The van der Waals surface area contributed by atoms with Crippen LogP contribution in [-0.4, -0.2) is 67.7 Å². The van der Waals surface area contributed by atoms with Gasteiger partial charge >= 0.3 is 0 Å². The average molecular weight is 383 g/mol. The summed E-state index contributed by atoms with van der Waals surface area (Å²) < 4.78 is 12.4. The van der Waals surface area contributed by atoms with Gasteiger partial charge in [0.15, 0.2) is 0 Å². The molecule has 2 aliphatic heterocycles. The number of rotatable bonds is 3. The van der Waals surface area contributed by atoms with Crippen molar-refractivity contribution in [3.8, 4) is 0 Å². The summed E-state index contributed by atoms with van der Waals surface area (Å²) in [5, 5.41) is 0. The Labute approximate surface area is 145 Å². The van der Waals surface area contributed by atoms with Crippen LogP contribution >= 0.6 is 15.9 Å². The molecule has 2 atom stereocenters. The lowest BCUT2D eigenvalue weighted by atomic mass is 10.1. The molecule has 0 aliphatic carbocycles. The van der Waals surface area contributed by atoms with Crippen LogP contribution < -0.4 is 0 Å². The molecule has 2 heterocycles. The first kappa shape index (κ1) is 16.9. The molecule has 23 heavy (non-hydrogen) atoms. The Morgan fingerprint density at radius 3 is 2.87 bits per heavy atom. The lowest BCUT2D eigenvalue weighted by Crippen LogP contribution is -2.50. The lowest BCUT2D eigenvalue weighted by Gasteiger charge is -2.36. The van der Waals surface area contributed by atoms with E-state index in [0.717, 1.165) is 23.1 Å². The first-order valence-corrected chi connectivity index (χ1v) is 8.90. The number of hydrogen-bond donors (Lipinski definition) is 0. The molecule has 2 unspecified atom stereocenters. The van der Waals surface area contributed by atoms with Gasteiger partial charge in [-0.2, -0.15) is 0 Å². The zero-order valence-electron chi connectivity index (χ0n) is 13.4. The highest BCUT2D eigenvalue weighted by Crippen LogP contribution is 2.24. The summed E-state index contributed by atoms with van der Waals surface area (Å²) in [6.07, 6.45) is 0.157. The number of amides is 1. The van der Waals surface area contributed by atoms with Crippen molar-refractivity contribution in [3.63, 3.8) is 0 Å². The summed E-state index contributed by atoms with van der Waals surface area (Å²) in [5.41, 5.74) is 1.15. The van der Waals surface area contributed by atoms with E-state index in [0.29, 0.717) is 32.8 Å². The minimum atomic E-state index is 0.0256. The fourth-order valence-corrected chi connectivity index (χ4v) is 3.51. The van der Waals surface area contributed by atoms with Crippen molar-refractivity contribution >= 4 is 21.8 Å².